The Morgan fingerprint density at radius 2 is 0.662 bits per heavy atom. The van der Waals surface area contributed by atoms with Crippen molar-refractivity contribution in [3.63, 3.8) is 0 Å². The molecular weight excluding hydrogens is 837 g/mol. The molecule has 0 aliphatic carbocycles. The second-order valence-corrected chi connectivity index (χ2v) is 17.7. The quantitative estimate of drug-likeness (QED) is 0.0345. The average molecular weight is 940 g/mol. The smallest absolute Gasteiger partial charge is 0.306 e. The minimum Gasteiger partial charge on any atom is -0.462 e. The van der Waals surface area contributed by atoms with Crippen LogP contribution in [0, 0.1) is 0 Å². The molecule has 0 fully saturated rings. The fraction of sp³-hybridized carbons (Fsp3) is 0.619. The number of unbranched alkanes of at least 4 members (excludes halogenated alkanes) is 16. The van der Waals surface area contributed by atoms with Crippen LogP contribution < -0.4 is 0 Å². The van der Waals surface area contributed by atoms with Crippen molar-refractivity contribution in [1.29, 1.82) is 0 Å². The third-order valence-electron chi connectivity index (χ3n) is 11.2. The number of hydrogen-bond donors (Lipinski definition) is 0. The van der Waals surface area contributed by atoms with E-state index in [2.05, 4.69) is 154 Å². The highest BCUT2D eigenvalue weighted by molar-refractivity contribution is 5.70. The van der Waals surface area contributed by atoms with Crippen molar-refractivity contribution < 1.29 is 23.8 Å². The Hall–Kier alpha value is -3.96. The van der Waals surface area contributed by atoms with Gasteiger partial charge in [-0.1, -0.05) is 225 Å². The summed E-state index contributed by atoms with van der Waals surface area (Å²) < 4.78 is 17.3. The first-order valence-corrected chi connectivity index (χ1v) is 27.7. The second-order valence-electron chi connectivity index (χ2n) is 17.7. The minimum absolute atomic E-state index is 0.0348. The fourth-order valence-electron chi connectivity index (χ4n) is 7.12. The zero-order valence-electron chi connectivity index (χ0n) is 44.1. The van der Waals surface area contributed by atoms with Gasteiger partial charge in [0.25, 0.3) is 0 Å². The molecule has 68 heavy (non-hydrogen) atoms. The van der Waals surface area contributed by atoms with Gasteiger partial charge in [0.05, 0.1) is 13.2 Å². The molecule has 0 saturated carbocycles. The van der Waals surface area contributed by atoms with Crippen LogP contribution >= 0.6 is 0 Å². The first kappa shape index (κ1) is 64.0. The summed E-state index contributed by atoms with van der Waals surface area (Å²) in [7, 11) is 0. The van der Waals surface area contributed by atoms with Crippen LogP contribution in [0.25, 0.3) is 0 Å². The third kappa shape index (κ3) is 54.6. The van der Waals surface area contributed by atoms with E-state index in [0.717, 1.165) is 122 Å². The molecule has 0 aromatic heterocycles. The Morgan fingerprint density at radius 3 is 1.06 bits per heavy atom. The Balaban J connectivity index is 4.44. The second kappa shape index (κ2) is 57.4. The first-order valence-electron chi connectivity index (χ1n) is 27.7. The molecule has 1 atom stereocenters. The zero-order valence-corrected chi connectivity index (χ0v) is 44.1. The van der Waals surface area contributed by atoms with Gasteiger partial charge in [0.1, 0.15) is 6.61 Å². The molecule has 0 bridgehead atoms. The Kier molecular flexibility index (Phi) is 54.0. The molecule has 0 radical (unpaired) electrons. The highest BCUT2D eigenvalue weighted by atomic mass is 16.6. The Labute approximate surface area is 419 Å². The van der Waals surface area contributed by atoms with Gasteiger partial charge in [0.15, 0.2) is 6.10 Å². The van der Waals surface area contributed by atoms with E-state index in [4.69, 9.17) is 14.2 Å². The molecule has 384 valence electrons. The zero-order chi connectivity index (χ0) is 49.2. The van der Waals surface area contributed by atoms with Gasteiger partial charge in [-0.2, -0.15) is 0 Å². The number of carbonyl (C=O) groups is 2. The number of hydrogen-bond acceptors (Lipinski definition) is 5. The number of allylic oxidation sites excluding steroid dienone is 21. The molecule has 0 amide bonds. The molecule has 1 unspecified atom stereocenters. The van der Waals surface area contributed by atoms with E-state index in [1.54, 1.807) is 0 Å². The monoisotopic (exact) mass is 939 g/mol. The normalized spacial score (nSPS) is 13.3. The molecule has 5 nitrogen and oxygen atoms in total. The summed E-state index contributed by atoms with van der Waals surface area (Å²) in [4.78, 5) is 25.5. The van der Waals surface area contributed by atoms with E-state index in [-0.39, 0.29) is 25.2 Å². The molecule has 0 heterocycles. The standard InChI is InChI=1S/C63H102O5/c1-4-7-10-13-16-19-22-25-28-31-32-34-35-38-41-44-47-50-53-56-62(64)67-60-61(59-66-58-55-52-49-46-43-40-37-30-27-24-21-18-15-12-9-6-3)68-63(65)57-54-51-48-45-42-39-36-33-29-26-23-20-17-14-11-8-5-2/h8-9,11-12,16-21,25-30,36,39-40,43,49,52,61H,4-7,10,13-15,22-24,31-35,37-38,41-42,44-48,50-51,53-60H2,1-3H3/b11-8-,12-9-,19-16-,20-17-,21-18-,28-25-,29-26-,30-27-,39-36-,43-40-,52-49-. The van der Waals surface area contributed by atoms with Gasteiger partial charge in [0, 0.05) is 12.8 Å². The van der Waals surface area contributed by atoms with Gasteiger partial charge in [-0.3, -0.25) is 9.59 Å². The van der Waals surface area contributed by atoms with E-state index in [9.17, 15) is 9.59 Å². The Morgan fingerprint density at radius 1 is 0.338 bits per heavy atom. The molecule has 0 saturated heterocycles. The van der Waals surface area contributed by atoms with Crippen molar-refractivity contribution in [3.05, 3.63) is 134 Å². The SMILES string of the molecule is CC/C=C\C/C=C\C/C=C\C/C=C\C/C=C\CCOCC(COC(=O)CCCCCCCCCCC/C=C\C/C=C\CCCCC)OC(=O)CCCCCC/C=C\C/C=C\C/C=C\C/C=C\CC. The van der Waals surface area contributed by atoms with Gasteiger partial charge < -0.3 is 14.2 Å². The van der Waals surface area contributed by atoms with Crippen molar-refractivity contribution in [2.24, 2.45) is 0 Å². The fourth-order valence-corrected chi connectivity index (χ4v) is 7.12. The lowest BCUT2D eigenvalue weighted by atomic mass is 10.1. The van der Waals surface area contributed by atoms with E-state index in [1.807, 2.05) is 0 Å². The number of ether oxygens (including phenoxy) is 3. The summed E-state index contributed by atoms with van der Waals surface area (Å²) >= 11 is 0. The lowest BCUT2D eigenvalue weighted by Gasteiger charge is -2.18. The minimum atomic E-state index is -0.601. The van der Waals surface area contributed by atoms with Crippen LogP contribution in [-0.4, -0.2) is 37.9 Å². The van der Waals surface area contributed by atoms with Crippen LogP contribution in [0.1, 0.15) is 226 Å². The maximum absolute atomic E-state index is 12.8. The van der Waals surface area contributed by atoms with Gasteiger partial charge in [0.2, 0.25) is 0 Å². The summed E-state index contributed by atoms with van der Waals surface area (Å²) in [5, 5.41) is 0. The van der Waals surface area contributed by atoms with Crippen molar-refractivity contribution in [1.82, 2.24) is 0 Å². The summed E-state index contributed by atoms with van der Waals surface area (Å²) in [6.07, 6.45) is 82.0. The highest BCUT2D eigenvalue weighted by Crippen LogP contribution is 2.13. The summed E-state index contributed by atoms with van der Waals surface area (Å²) in [5.41, 5.74) is 0. The van der Waals surface area contributed by atoms with Crippen LogP contribution in [0.15, 0.2) is 134 Å². The van der Waals surface area contributed by atoms with Crippen LogP contribution in [0.4, 0.5) is 0 Å². The first-order chi connectivity index (χ1) is 33.6. The molecule has 0 aromatic carbocycles. The lowest BCUT2D eigenvalue weighted by Crippen LogP contribution is -2.30. The van der Waals surface area contributed by atoms with E-state index >= 15 is 0 Å². The maximum Gasteiger partial charge on any atom is 0.306 e. The van der Waals surface area contributed by atoms with Crippen molar-refractivity contribution in [2.45, 2.75) is 232 Å². The maximum atomic E-state index is 12.8. The third-order valence-corrected chi connectivity index (χ3v) is 11.2. The summed E-state index contributed by atoms with van der Waals surface area (Å²) in [6, 6.07) is 0. The molecule has 0 aromatic rings. The molecule has 5 heteroatoms. The highest BCUT2D eigenvalue weighted by Gasteiger charge is 2.17. The molecule has 0 spiro atoms. The number of carbonyl (C=O) groups excluding carboxylic acids is 2. The Bertz CT molecular complexity index is 1430. The van der Waals surface area contributed by atoms with Gasteiger partial charge >= 0.3 is 11.9 Å². The van der Waals surface area contributed by atoms with Crippen LogP contribution in [0.5, 0.6) is 0 Å². The van der Waals surface area contributed by atoms with E-state index in [0.29, 0.717) is 19.4 Å². The predicted molar refractivity (Wildman–Crippen MR) is 297 cm³/mol. The summed E-state index contributed by atoms with van der Waals surface area (Å²) in [5.74, 6) is -0.477. The molecule has 0 aliphatic heterocycles. The lowest BCUT2D eigenvalue weighted by molar-refractivity contribution is -0.162. The van der Waals surface area contributed by atoms with Crippen molar-refractivity contribution >= 4 is 11.9 Å². The molecule has 0 rings (SSSR count). The average Bonchev–Trinajstić information content (AvgIpc) is 3.34. The van der Waals surface area contributed by atoms with Crippen molar-refractivity contribution in [3.8, 4) is 0 Å². The van der Waals surface area contributed by atoms with Crippen LogP contribution in [-0.2, 0) is 23.8 Å². The van der Waals surface area contributed by atoms with Crippen molar-refractivity contribution in [2.75, 3.05) is 19.8 Å². The van der Waals surface area contributed by atoms with Gasteiger partial charge in [-0.25, -0.2) is 0 Å². The van der Waals surface area contributed by atoms with E-state index in [1.165, 1.54) is 70.6 Å². The molecule has 0 N–H and O–H groups in total. The van der Waals surface area contributed by atoms with Gasteiger partial charge in [-0.05, 0) is 122 Å². The predicted octanol–water partition coefficient (Wildman–Crippen LogP) is 19.1. The number of esters is 2. The van der Waals surface area contributed by atoms with Crippen LogP contribution in [0.2, 0.25) is 0 Å². The topological polar surface area (TPSA) is 61.8 Å². The molecule has 0 aliphatic rings. The number of rotatable bonds is 49. The van der Waals surface area contributed by atoms with Crippen LogP contribution in [0.3, 0.4) is 0 Å². The van der Waals surface area contributed by atoms with Gasteiger partial charge in [-0.15, -0.1) is 0 Å². The summed E-state index contributed by atoms with van der Waals surface area (Å²) in [6.45, 7) is 7.33. The largest absolute Gasteiger partial charge is 0.462 e. The molecular formula is C63H102O5. The van der Waals surface area contributed by atoms with E-state index < -0.39 is 6.10 Å².